The van der Waals surface area contributed by atoms with Gasteiger partial charge in [-0.25, -0.2) is 4.39 Å². The standard InChI is InChI=1S/C14H20FN3O/c1-9(16)10-5-4-6-11(15)12(10)18-8-7-17-13(19)14(18,2)3/h4-6,9H,7-8,16H2,1-3H3,(H,17,19)/t9-/m1/s1. The molecule has 104 valence electrons. The van der Waals surface area contributed by atoms with E-state index in [0.29, 0.717) is 18.8 Å². The van der Waals surface area contributed by atoms with Crippen LogP contribution in [0.1, 0.15) is 32.4 Å². The first-order chi connectivity index (χ1) is 8.85. The molecule has 4 nitrogen and oxygen atoms in total. The Morgan fingerprint density at radius 2 is 2.16 bits per heavy atom. The molecule has 0 spiro atoms. The molecule has 1 fully saturated rings. The SMILES string of the molecule is C[C@@H](N)c1cccc(F)c1N1CCNC(=O)C1(C)C. The Kier molecular flexibility index (Phi) is 3.49. The second-order valence-electron chi connectivity index (χ2n) is 5.43. The predicted octanol–water partition coefficient (Wildman–Crippen LogP) is 1.56. The summed E-state index contributed by atoms with van der Waals surface area (Å²) in [6, 6.07) is 4.58. The fourth-order valence-corrected chi connectivity index (χ4v) is 2.48. The van der Waals surface area contributed by atoms with Crippen molar-refractivity contribution in [2.24, 2.45) is 5.73 Å². The summed E-state index contributed by atoms with van der Waals surface area (Å²) in [6.45, 7) is 6.47. The maximum atomic E-state index is 14.2. The molecule has 1 aliphatic rings. The van der Waals surface area contributed by atoms with E-state index >= 15 is 0 Å². The second-order valence-corrected chi connectivity index (χ2v) is 5.43. The second kappa shape index (κ2) is 4.81. The summed E-state index contributed by atoms with van der Waals surface area (Å²) in [5, 5.41) is 2.81. The smallest absolute Gasteiger partial charge is 0.245 e. The van der Waals surface area contributed by atoms with Crippen molar-refractivity contribution in [3.8, 4) is 0 Å². The molecule has 3 N–H and O–H groups in total. The highest BCUT2D eigenvalue weighted by Crippen LogP contribution is 2.34. The third-order valence-corrected chi connectivity index (χ3v) is 3.63. The first-order valence-corrected chi connectivity index (χ1v) is 6.45. The Morgan fingerprint density at radius 3 is 2.79 bits per heavy atom. The van der Waals surface area contributed by atoms with Gasteiger partial charge < -0.3 is 16.0 Å². The minimum absolute atomic E-state index is 0.0994. The number of carbonyl (C=O) groups excluding carboxylic acids is 1. The van der Waals surface area contributed by atoms with Gasteiger partial charge in [-0.1, -0.05) is 12.1 Å². The average molecular weight is 265 g/mol. The molecule has 0 unspecified atom stereocenters. The van der Waals surface area contributed by atoms with E-state index in [1.54, 1.807) is 24.8 Å². The van der Waals surface area contributed by atoms with Crippen molar-refractivity contribution in [2.75, 3.05) is 18.0 Å². The van der Waals surface area contributed by atoms with Gasteiger partial charge in [-0.05, 0) is 32.4 Å². The van der Waals surface area contributed by atoms with Crippen molar-refractivity contribution in [1.29, 1.82) is 0 Å². The highest BCUT2D eigenvalue weighted by molar-refractivity contribution is 5.90. The number of nitrogens with one attached hydrogen (secondary N) is 1. The molecule has 1 aromatic rings. The summed E-state index contributed by atoms with van der Waals surface area (Å²) in [5.41, 5.74) is 6.30. The number of nitrogens with zero attached hydrogens (tertiary/aromatic N) is 1. The molecule has 1 aliphatic heterocycles. The van der Waals surface area contributed by atoms with E-state index in [1.807, 2.05) is 13.0 Å². The molecular weight excluding hydrogens is 245 g/mol. The maximum Gasteiger partial charge on any atom is 0.245 e. The number of benzene rings is 1. The normalized spacial score (nSPS) is 20.1. The molecule has 2 rings (SSSR count). The fourth-order valence-electron chi connectivity index (χ4n) is 2.48. The van der Waals surface area contributed by atoms with Crippen molar-refractivity contribution < 1.29 is 9.18 Å². The number of amides is 1. The van der Waals surface area contributed by atoms with E-state index in [9.17, 15) is 9.18 Å². The Labute approximate surface area is 112 Å². The van der Waals surface area contributed by atoms with Gasteiger partial charge in [0.1, 0.15) is 11.4 Å². The predicted molar refractivity (Wildman–Crippen MR) is 73.4 cm³/mol. The molecule has 1 amide bonds. The third-order valence-electron chi connectivity index (χ3n) is 3.63. The highest BCUT2D eigenvalue weighted by Gasteiger charge is 2.39. The van der Waals surface area contributed by atoms with Crippen LogP contribution in [0.2, 0.25) is 0 Å². The molecule has 1 aromatic carbocycles. The molecule has 1 saturated heterocycles. The number of hydrogen-bond donors (Lipinski definition) is 2. The zero-order chi connectivity index (χ0) is 14.2. The lowest BCUT2D eigenvalue weighted by Gasteiger charge is -2.44. The van der Waals surface area contributed by atoms with E-state index in [0.717, 1.165) is 5.56 Å². The van der Waals surface area contributed by atoms with Crippen LogP contribution < -0.4 is 16.0 Å². The number of halogens is 1. The molecular formula is C14H20FN3O. The zero-order valence-corrected chi connectivity index (χ0v) is 11.5. The van der Waals surface area contributed by atoms with Crippen molar-refractivity contribution in [3.05, 3.63) is 29.6 Å². The van der Waals surface area contributed by atoms with Crippen LogP contribution in [0.25, 0.3) is 0 Å². The van der Waals surface area contributed by atoms with Crippen molar-refractivity contribution in [1.82, 2.24) is 5.32 Å². The Morgan fingerprint density at radius 1 is 1.47 bits per heavy atom. The lowest BCUT2D eigenvalue weighted by atomic mass is 9.95. The molecule has 0 aliphatic carbocycles. The molecule has 0 aromatic heterocycles. The van der Waals surface area contributed by atoms with E-state index in [-0.39, 0.29) is 17.8 Å². The lowest BCUT2D eigenvalue weighted by Crippen LogP contribution is -2.62. The van der Waals surface area contributed by atoms with Gasteiger partial charge in [0, 0.05) is 19.1 Å². The Balaban J connectivity index is 2.54. The summed E-state index contributed by atoms with van der Waals surface area (Å²) < 4.78 is 14.2. The molecule has 5 heteroatoms. The first-order valence-electron chi connectivity index (χ1n) is 6.45. The van der Waals surface area contributed by atoms with Crippen LogP contribution in [0.5, 0.6) is 0 Å². The van der Waals surface area contributed by atoms with Crippen molar-refractivity contribution in [2.45, 2.75) is 32.4 Å². The zero-order valence-electron chi connectivity index (χ0n) is 11.5. The van der Waals surface area contributed by atoms with Gasteiger partial charge in [-0.3, -0.25) is 4.79 Å². The molecule has 19 heavy (non-hydrogen) atoms. The van der Waals surface area contributed by atoms with Gasteiger partial charge in [0.25, 0.3) is 0 Å². The number of nitrogens with two attached hydrogens (primary N) is 1. The van der Waals surface area contributed by atoms with Gasteiger partial charge >= 0.3 is 0 Å². The number of carbonyl (C=O) groups is 1. The van der Waals surface area contributed by atoms with Crippen LogP contribution in [0.3, 0.4) is 0 Å². The summed E-state index contributed by atoms with van der Waals surface area (Å²) in [4.78, 5) is 13.8. The van der Waals surface area contributed by atoms with Crippen LogP contribution >= 0.6 is 0 Å². The molecule has 1 atom stereocenters. The largest absolute Gasteiger partial charge is 0.353 e. The van der Waals surface area contributed by atoms with Gasteiger partial charge in [-0.15, -0.1) is 0 Å². The minimum atomic E-state index is -0.788. The van der Waals surface area contributed by atoms with Crippen LogP contribution in [0.4, 0.5) is 10.1 Å². The van der Waals surface area contributed by atoms with Gasteiger partial charge in [0.2, 0.25) is 5.91 Å². The van der Waals surface area contributed by atoms with E-state index < -0.39 is 5.54 Å². The van der Waals surface area contributed by atoms with Crippen molar-refractivity contribution >= 4 is 11.6 Å². The topological polar surface area (TPSA) is 58.4 Å². The Hall–Kier alpha value is -1.62. The van der Waals surface area contributed by atoms with Crippen molar-refractivity contribution in [3.63, 3.8) is 0 Å². The van der Waals surface area contributed by atoms with Gasteiger partial charge in [0.15, 0.2) is 0 Å². The summed E-state index contributed by atoms with van der Waals surface area (Å²) in [5.74, 6) is -0.435. The highest BCUT2D eigenvalue weighted by atomic mass is 19.1. The van der Waals surface area contributed by atoms with Crippen LogP contribution in [-0.4, -0.2) is 24.5 Å². The monoisotopic (exact) mass is 265 g/mol. The summed E-state index contributed by atoms with van der Waals surface area (Å²) in [6.07, 6.45) is 0. The Bertz CT molecular complexity index is 499. The quantitative estimate of drug-likeness (QED) is 0.853. The van der Waals surface area contributed by atoms with Gasteiger partial charge in [0.05, 0.1) is 5.69 Å². The molecule has 0 bridgehead atoms. The number of piperazine rings is 1. The average Bonchev–Trinajstić information content (AvgIpc) is 2.33. The maximum absolute atomic E-state index is 14.2. The first kappa shape index (κ1) is 13.8. The fraction of sp³-hybridized carbons (Fsp3) is 0.500. The minimum Gasteiger partial charge on any atom is -0.353 e. The van der Waals surface area contributed by atoms with Crippen LogP contribution in [-0.2, 0) is 4.79 Å². The molecule has 0 saturated carbocycles. The molecule has 1 heterocycles. The number of anilines is 1. The molecule has 0 radical (unpaired) electrons. The van der Waals surface area contributed by atoms with E-state index in [2.05, 4.69) is 5.32 Å². The lowest BCUT2D eigenvalue weighted by molar-refractivity contribution is -0.126. The van der Waals surface area contributed by atoms with Gasteiger partial charge in [-0.2, -0.15) is 0 Å². The van der Waals surface area contributed by atoms with Crippen LogP contribution in [0.15, 0.2) is 18.2 Å². The number of rotatable bonds is 2. The third kappa shape index (κ3) is 2.30. The summed E-state index contributed by atoms with van der Waals surface area (Å²) >= 11 is 0. The van der Waals surface area contributed by atoms with Crippen LogP contribution in [0, 0.1) is 5.82 Å². The number of hydrogen-bond acceptors (Lipinski definition) is 3. The number of para-hydroxylation sites is 1. The van der Waals surface area contributed by atoms with E-state index in [4.69, 9.17) is 5.73 Å². The van der Waals surface area contributed by atoms with E-state index in [1.165, 1.54) is 6.07 Å². The summed E-state index contributed by atoms with van der Waals surface area (Å²) in [7, 11) is 0.